The van der Waals surface area contributed by atoms with E-state index in [1.807, 2.05) is 0 Å². The number of aliphatic hydroxyl groups excluding tert-OH is 6. The summed E-state index contributed by atoms with van der Waals surface area (Å²) >= 11 is 0. The molecule has 0 saturated heterocycles. The molecule has 8 nitrogen and oxygen atoms in total. The van der Waals surface area contributed by atoms with Gasteiger partial charge in [-0.1, -0.05) is 0 Å². The van der Waals surface area contributed by atoms with E-state index in [1.54, 1.807) is 0 Å². The molecular weight excluding hydrogens is 252 g/mol. The number of carboxylic acid groups (broad SMARTS) is 1. The van der Waals surface area contributed by atoms with Crippen molar-refractivity contribution in [3.05, 3.63) is 0 Å². The summed E-state index contributed by atoms with van der Waals surface area (Å²) in [5.74, 6) is -1.78. The molecule has 0 radical (unpaired) electrons. The van der Waals surface area contributed by atoms with Crippen molar-refractivity contribution in [1.82, 2.24) is 0 Å². The van der Waals surface area contributed by atoms with Crippen LogP contribution >= 0.6 is 0 Å². The Labute approximate surface area is 121 Å². The van der Waals surface area contributed by atoms with Gasteiger partial charge in [-0.3, -0.25) is 0 Å². The van der Waals surface area contributed by atoms with E-state index in [0.29, 0.717) is 0 Å². The van der Waals surface area contributed by atoms with Crippen molar-refractivity contribution in [3.63, 3.8) is 0 Å². The summed E-state index contributed by atoms with van der Waals surface area (Å²) in [6.45, 7) is -0.881. The second-order valence-corrected chi connectivity index (χ2v) is 3.00. The monoisotopic (exact) mass is 266 g/mol. The standard InChI is InChI=1S/C7H14O8.Ca/c8-1-2(9)3(10)4(11)5(12)6(13)7(14)15;/h2-6,8-13H,1H2,(H,14,15);/q;+2. The summed E-state index contributed by atoms with van der Waals surface area (Å²) in [7, 11) is 0. The molecule has 0 saturated carbocycles. The van der Waals surface area contributed by atoms with Crippen LogP contribution in [0.5, 0.6) is 0 Å². The van der Waals surface area contributed by atoms with Gasteiger partial charge >= 0.3 is 43.7 Å². The molecule has 0 rings (SSSR count). The minimum Gasteiger partial charge on any atom is -0.479 e. The molecule has 0 aromatic carbocycles. The Bertz CT molecular complexity index is 213. The van der Waals surface area contributed by atoms with Crippen LogP contribution in [0.1, 0.15) is 0 Å². The van der Waals surface area contributed by atoms with Crippen molar-refractivity contribution >= 4 is 43.7 Å². The van der Waals surface area contributed by atoms with Gasteiger partial charge in [0.15, 0.2) is 6.10 Å². The summed E-state index contributed by atoms with van der Waals surface area (Å²) in [5, 5.41) is 61.5. The fourth-order valence-corrected chi connectivity index (χ4v) is 0.870. The fourth-order valence-electron chi connectivity index (χ4n) is 0.870. The molecule has 0 aliphatic rings. The molecule has 0 aromatic heterocycles. The zero-order valence-corrected chi connectivity index (χ0v) is 10.5. The first-order valence-electron chi connectivity index (χ1n) is 4.07. The third kappa shape index (κ3) is 5.21. The number of hydrogen-bond donors (Lipinski definition) is 7. The van der Waals surface area contributed by atoms with Crippen LogP contribution in [-0.2, 0) is 4.79 Å². The van der Waals surface area contributed by atoms with Gasteiger partial charge in [0.1, 0.15) is 24.4 Å². The van der Waals surface area contributed by atoms with Gasteiger partial charge in [0.25, 0.3) is 0 Å². The maximum absolute atomic E-state index is 10.2. The van der Waals surface area contributed by atoms with Gasteiger partial charge < -0.3 is 35.7 Å². The number of rotatable bonds is 6. The van der Waals surface area contributed by atoms with Crippen molar-refractivity contribution < 1.29 is 40.5 Å². The molecule has 5 atom stereocenters. The van der Waals surface area contributed by atoms with Crippen LogP contribution in [0, 0.1) is 0 Å². The Hall–Kier alpha value is 0.490. The summed E-state index contributed by atoms with van der Waals surface area (Å²) in [6.07, 6.45) is -10.2. The Morgan fingerprint density at radius 1 is 0.938 bits per heavy atom. The van der Waals surface area contributed by atoms with Crippen LogP contribution in [-0.4, -0.2) is 117 Å². The van der Waals surface area contributed by atoms with Gasteiger partial charge in [-0.2, -0.15) is 0 Å². The smallest absolute Gasteiger partial charge is 0.479 e. The minimum absolute atomic E-state index is 0. The summed E-state index contributed by atoms with van der Waals surface area (Å²) in [4.78, 5) is 10.2. The zero-order chi connectivity index (χ0) is 12.2. The number of aliphatic carboxylic acids is 1. The molecule has 16 heavy (non-hydrogen) atoms. The van der Waals surface area contributed by atoms with E-state index in [2.05, 4.69) is 0 Å². The van der Waals surface area contributed by atoms with Gasteiger partial charge in [-0.15, -0.1) is 0 Å². The number of hydrogen-bond acceptors (Lipinski definition) is 7. The predicted molar refractivity (Wildman–Crippen MR) is 50.5 cm³/mol. The molecule has 0 aliphatic heterocycles. The van der Waals surface area contributed by atoms with Gasteiger partial charge in [-0.05, 0) is 0 Å². The second-order valence-electron chi connectivity index (χ2n) is 3.00. The predicted octanol–water partition coefficient (Wildman–Crippen LogP) is -4.51. The average molecular weight is 266 g/mol. The molecule has 0 aliphatic carbocycles. The Morgan fingerprint density at radius 2 is 1.38 bits per heavy atom. The van der Waals surface area contributed by atoms with Crippen LogP contribution in [0.15, 0.2) is 0 Å². The fraction of sp³-hybridized carbons (Fsp3) is 0.857. The molecule has 5 unspecified atom stereocenters. The summed E-state index contributed by atoms with van der Waals surface area (Å²) < 4.78 is 0. The topological polar surface area (TPSA) is 159 Å². The molecule has 90 valence electrons. The Kier molecular flexibility index (Phi) is 10.1. The van der Waals surface area contributed by atoms with E-state index in [0.717, 1.165) is 0 Å². The van der Waals surface area contributed by atoms with E-state index >= 15 is 0 Å². The van der Waals surface area contributed by atoms with Gasteiger partial charge in [0.05, 0.1) is 6.61 Å². The van der Waals surface area contributed by atoms with Crippen LogP contribution < -0.4 is 0 Å². The number of carboxylic acids is 1. The number of carbonyl (C=O) groups is 1. The molecular formula is C7H14CaO8+2. The van der Waals surface area contributed by atoms with E-state index in [4.69, 9.17) is 35.7 Å². The van der Waals surface area contributed by atoms with Crippen LogP contribution in [0.4, 0.5) is 0 Å². The maximum atomic E-state index is 10.2. The molecule has 0 bridgehead atoms. The molecule has 9 heteroatoms. The van der Waals surface area contributed by atoms with E-state index in [-0.39, 0.29) is 37.7 Å². The first kappa shape index (κ1) is 18.8. The minimum atomic E-state index is -2.29. The summed E-state index contributed by atoms with van der Waals surface area (Å²) in [6, 6.07) is 0. The zero-order valence-electron chi connectivity index (χ0n) is 8.34. The van der Waals surface area contributed by atoms with Crippen LogP contribution in [0.25, 0.3) is 0 Å². The van der Waals surface area contributed by atoms with Crippen molar-refractivity contribution in [2.45, 2.75) is 30.5 Å². The third-order valence-electron chi connectivity index (χ3n) is 1.86. The molecule has 0 fully saturated rings. The first-order valence-corrected chi connectivity index (χ1v) is 4.07. The van der Waals surface area contributed by atoms with Crippen LogP contribution in [0.2, 0.25) is 0 Å². The quantitative estimate of drug-likeness (QED) is 0.237. The van der Waals surface area contributed by atoms with Crippen molar-refractivity contribution in [3.8, 4) is 0 Å². The van der Waals surface area contributed by atoms with E-state index < -0.39 is 43.1 Å². The molecule has 7 N–H and O–H groups in total. The maximum Gasteiger partial charge on any atom is 2.00 e. The molecule has 0 heterocycles. The van der Waals surface area contributed by atoms with Crippen LogP contribution in [0.3, 0.4) is 0 Å². The first-order chi connectivity index (χ1) is 6.82. The third-order valence-corrected chi connectivity index (χ3v) is 1.86. The molecule has 0 aromatic rings. The van der Waals surface area contributed by atoms with Crippen molar-refractivity contribution in [2.24, 2.45) is 0 Å². The van der Waals surface area contributed by atoms with Crippen molar-refractivity contribution in [1.29, 1.82) is 0 Å². The Morgan fingerprint density at radius 3 is 1.69 bits per heavy atom. The molecule has 0 amide bonds. The van der Waals surface area contributed by atoms with E-state index in [9.17, 15) is 4.79 Å². The van der Waals surface area contributed by atoms with Crippen molar-refractivity contribution in [2.75, 3.05) is 6.61 Å². The normalized spacial score (nSPS) is 20.1. The Balaban J connectivity index is 0. The van der Waals surface area contributed by atoms with E-state index in [1.165, 1.54) is 0 Å². The SMILES string of the molecule is O=C(O)C(O)C(O)C(O)C(O)C(O)CO.[Ca+2]. The second kappa shape index (κ2) is 8.56. The molecule has 0 spiro atoms. The van der Waals surface area contributed by atoms with Gasteiger partial charge in [0, 0.05) is 0 Å². The average Bonchev–Trinajstić information content (AvgIpc) is 2.23. The largest absolute Gasteiger partial charge is 2.00 e. The summed E-state index contributed by atoms with van der Waals surface area (Å²) in [5.41, 5.74) is 0. The van der Waals surface area contributed by atoms with Gasteiger partial charge in [0.2, 0.25) is 0 Å². The number of aliphatic hydroxyl groups is 6. The van der Waals surface area contributed by atoms with Gasteiger partial charge in [-0.25, -0.2) is 4.79 Å².